The highest BCUT2D eigenvalue weighted by molar-refractivity contribution is 5.69. The number of carbonyl (C=O) groups excluding carboxylic acids is 1. The molecule has 4 nitrogen and oxygen atoms in total. The van der Waals surface area contributed by atoms with Crippen LogP contribution in [0.1, 0.15) is 155 Å². The zero-order valence-corrected chi connectivity index (χ0v) is 25.4. The molecule has 0 aromatic heterocycles. The third kappa shape index (κ3) is 30.3. The summed E-state index contributed by atoms with van der Waals surface area (Å²) in [6.45, 7) is 4.38. The standard InChI is InChI=1S/C35H60O4/c1-3-5-7-9-11-13-14-15-16-18-24-28-32-35(38)39-33(29-25-21-17-12-10-8-6-4-2)30-26-22-19-20-23-27-31-34(36)37/h6,8,11-13,17,25,29,33H,3-5,7,9-10,14-16,18-24,26-28,30-32H2,1-2H3,(H,36,37)/b8-6-,13-11-,17-12-,29-25-. The Labute approximate surface area is 241 Å². The Hall–Kier alpha value is -2.10. The van der Waals surface area contributed by atoms with Crippen LogP contribution < -0.4 is 0 Å². The van der Waals surface area contributed by atoms with Crippen LogP contribution in [0.15, 0.2) is 48.6 Å². The zero-order chi connectivity index (χ0) is 28.7. The fourth-order valence-corrected chi connectivity index (χ4v) is 4.40. The summed E-state index contributed by atoms with van der Waals surface area (Å²) in [7, 11) is 0. The average molecular weight is 545 g/mol. The number of unbranched alkanes of at least 4 members (excludes halogenated alkanes) is 13. The number of aliphatic carboxylic acids is 1. The van der Waals surface area contributed by atoms with Gasteiger partial charge >= 0.3 is 11.9 Å². The van der Waals surface area contributed by atoms with Gasteiger partial charge in [0.2, 0.25) is 0 Å². The lowest BCUT2D eigenvalue weighted by Gasteiger charge is -2.14. The van der Waals surface area contributed by atoms with Crippen LogP contribution in [0.4, 0.5) is 0 Å². The summed E-state index contributed by atoms with van der Waals surface area (Å²) in [5, 5.41) is 8.73. The van der Waals surface area contributed by atoms with Gasteiger partial charge in [0.25, 0.3) is 0 Å². The minimum atomic E-state index is -0.709. The molecule has 224 valence electrons. The molecular formula is C35H60O4. The Morgan fingerprint density at radius 2 is 1.15 bits per heavy atom. The molecule has 39 heavy (non-hydrogen) atoms. The van der Waals surface area contributed by atoms with Crippen molar-refractivity contribution in [2.45, 2.75) is 161 Å². The second-order valence-corrected chi connectivity index (χ2v) is 10.6. The molecule has 0 aromatic carbocycles. The van der Waals surface area contributed by atoms with Crippen LogP contribution in [0.2, 0.25) is 0 Å². The van der Waals surface area contributed by atoms with Gasteiger partial charge in [-0.15, -0.1) is 0 Å². The minimum absolute atomic E-state index is 0.0754. The highest BCUT2D eigenvalue weighted by Gasteiger charge is 2.11. The van der Waals surface area contributed by atoms with Gasteiger partial charge in [-0.2, -0.15) is 0 Å². The Morgan fingerprint density at radius 1 is 0.615 bits per heavy atom. The Kier molecular flexibility index (Phi) is 28.8. The van der Waals surface area contributed by atoms with E-state index in [4.69, 9.17) is 9.84 Å². The van der Waals surface area contributed by atoms with Gasteiger partial charge in [-0.1, -0.05) is 114 Å². The lowest BCUT2D eigenvalue weighted by Crippen LogP contribution is -2.16. The summed E-state index contributed by atoms with van der Waals surface area (Å²) in [6.07, 6.45) is 39.9. The molecular weight excluding hydrogens is 484 g/mol. The van der Waals surface area contributed by atoms with Gasteiger partial charge in [0.1, 0.15) is 6.10 Å². The molecule has 0 heterocycles. The smallest absolute Gasteiger partial charge is 0.306 e. The zero-order valence-electron chi connectivity index (χ0n) is 25.4. The van der Waals surface area contributed by atoms with Crippen LogP contribution in [0.25, 0.3) is 0 Å². The van der Waals surface area contributed by atoms with Crippen LogP contribution in [0.5, 0.6) is 0 Å². The third-order valence-corrected chi connectivity index (χ3v) is 6.77. The van der Waals surface area contributed by atoms with Crippen molar-refractivity contribution in [3.63, 3.8) is 0 Å². The fraction of sp³-hybridized carbons (Fsp3) is 0.714. The molecule has 0 saturated carbocycles. The molecule has 0 spiro atoms. The summed E-state index contributed by atoms with van der Waals surface area (Å²) in [5.41, 5.74) is 0. The van der Waals surface area contributed by atoms with E-state index in [2.05, 4.69) is 62.5 Å². The maximum Gasteiger partial charge on any atom is 0.306 e. The van der Waals surface area contributed by atoms with Gasteiger partial charge < -0.3 is 9.84 Å². The first-order valence-corrected chi connectivity index (χ1v) is 16.1. The Balaban J connectivity index is 4.21. The van der Waals surface area contributed by atoms with E-state index in [1.54, 1.807) is 0 Å². The molecule has 1 atom stereocenters. The highest BCUT2D eigenvalue weighted by Crippen LogP contribution is 2.15. The molecule has 0 aliphatic rings. The van der Waals surface area contributed by atoms with E-state index in [9.17, 15) is 9.59 Å². The van der Waals surface area contributed by atoms with E-state index in [-0.39, 0.29) is 18.5 Å². The summed E-state index contributed by atoms with van der Waals surface area (Å²) in [6, 6.07) is 0. The van der Waals surface area contributed by atoms with Crippen molar-refractivity contribution in [3.05, 3.63) is 48.6 Å². The number of rotatable bonds is 28. The number of carboxylic acids is 1. The molecule has 0 aliphatic heterocycles. The molecule has 0 saturated heterocycles. The van der Waals surface area contributed by atoms with Crippen LogP contribution in [-0.2, 0) is 14.3 Å². The average Bonchev–Trinajstić information content (AvgIpc) is 2.91. The Morgan fingerprint density at radius 3 is 1.79 bits per heavy atom. The van der Waals surface area contributed by atoms with Gasteiger partial charge in [-0.25, -0.2) is 0 Å². The summed E-state index contributed by atoms with van der Waals surface area (Å²) >= 11 is 0. The molecule has 0 rings (SSSR count). The van der Waals surface area contributed by atoms with Gasteiger partial charge in [-0.3, -0.25) is 9.59 Å². The molecule has 1 N–H and O–H groups in total. The van der Waals surface area contributed by atoms with Crippen molar-refractivity contribution >= 4 is 11.9 Å². The third-order valence-electron chi connectivity index (χ3n) is 6.77. The molecule has 0 fully saturated rings. The van der Waals surface area contributed by atoms with Crippen LogP contribution in [0.3, 0.4) is 0 Å². The summed E-state index contributed by atoms with van der Waals surface area (Å²) in [5.74, 6) is -0.784. The van der Waals surface area contributed by atoms with Gasteiger partial charge in [-0.05, 0) is 76.7 Å². The maximum atomic E-state index is 12.5. The first-order valence-electron chi connectivity index (χ1n) is 16.1. The largest absolute Gasteiger partial charge is 0.481 e. The Bertz CT molecular complexity index is 674. The van der Waals surface area contributed by atoms with Crippen molar-refractivity contribution in [2.75, 3.05) is 0 Å². The normalized spacial score (nSPS) is 12.9. The number of carboxylic acid groups (broad SMARTS) is 1. The van der Waals surface area contributed by atoms with Crippen LogP contribution in [0, 0.1) is 0 Å². The molecule has 1 unspecified atom stereocenters. The number of ether oxygens (including phenoxy) is 1. The lowest BCUT2D eigenvalue weighted by molar-refractivity contribution is -0.147. The van der Waals surface area contributed by atoms with Gasteiger partial charge in [0, 0.05) is 12.8 Å². The molecule has 0 amide bonds. The summed E-state index contributed by atoms with van der Waals surface area (Å²) in [4.78, 5) is 23.1. The molecule has 0 radical (unpaired) electrons. The quantitative estimate of drug-likeness (QED) is 0.0604. The first kappa shape index (κ1) is 36.9. The number of hydrogen-bond acceptors (Lipinski definition) is 3. The van der Waals surface area contributed by atoms with E-state index in [0.717, 1.165) is 77.0 Å². The monoisotopic (exact) mass is 544 g/mol. The topological polar surface area (TPSA) is 63.6 Å². The van der Waals surface area contributed by atoms with Crippen LogP contribution >= 0.6 is 0 Å². The number of hydrogen-bond donors (Lipinski definition) is 1. The van der Waals surface area contributed by atoms with Crippen molar-refractivity contribution in [3.8, 4) is 0 Å². The second-order valence-electron chi connectivity index (χ2n) is 10.6. The highest BCUT2D eigenvalue weighted by atomic mass is 16.5. The van der Waals surface area contributed by atoms with Crippen molar-refractivity contribution in [2.24, 2.45) is 0 Å². The number of allylic oxidation sites excluding steroid dienone is 7. The van der Waals surface area contributed by atoms with E-state index < -0.39 is 5.97 Å². The van der Waals surface area contributed by atoms with Crippen molar-refractivity contribution < 1.29 is 19.4 Å². The van der Waals surface area contributed by atoms with Gasteiger partial charge in [0.05, 0.1) is 0 Å². The fourth-order valence-electron chi connectivity index (χ4n) is 4.40. The van der Waals surface area contributed by atoms with Crippen molar-refractivity contribution in [1.82, 2.24) is 0 Å². The van der Waals surface area contributed by atoms with Crippen LogP contribution in [-0.4, -0.2) is 23.1 Å². The maximum absolute atomic E-state index is 12.5. The predicted molar refractivity (Wildman–Crippen MR) is 167 cm³/mol. The second kappa shape index (κ2) is 30.4. The minimum Gasteiger partial charge on any atom is -0.481 e. The molecule has 0 aliphatic carbocycles. The lowest BCUT2D eigenvalue weighted by atomic mass is 10.1. The van der Waals surface area contributed by atoms with Gasteiger partial charge in [0.15, 0.2) is 0 Å². The summed E-state index contributed by atoms with van der Waals surface area (Å²) < 4.78 is 5.85. The van der Waals surface area contributed by atoms with E-state index in [1.807, 2.05) is 0 Å². The first-order chi connectivity index (χ1) is 19.1. The van der Waals surface area contributed by atoms with E-state index >= 15 is 0 Å². The molecule has 0 bridgehead atoms. The van der Waals surface area contributed by atoms with E-state index in [0.29, 0.717) is 6.42 Å². The SMILES string of the molecule is CC/C=C\C/C=C\C/C=C\C(CCCCCCCCC(=O)O)OC(=O)CCCCCCC/C=C\CCCCC. The predicted octanol–water partition coefficient (Wildman–Crippen LogP) is 10.8. The molecule has 4 heteroatoms. The van der Waals surface area contributed by atoms with Crippen molar-refractivity contribution in [1.29, 1.82) is 0 Å². The molecule has 0 aromatic rings. The number of carbonyl (C=O) groups is 2. The van der Waals surface area contributed by atoms with E-state index in [1.165, 1.54) is 51.4 Å². The number of esters is 1.